The Balaban J connectivity index is 1.88. The summed E-state index contributed by atoms with van der Waals surface area (Å²) in [6, 6.07) is 24.6. The van der Waals surface area contributed by atoms with Gasteiger partial charge >= 0.3 is 0 Å². The van der Waals surface area contributed by atoms with Crippen LogP contribution in [0.3, 0.4) is 0 Å². The number of methoxy groups -OCH3 is 2. The molecule has 0 bridgehead atoms. The summed E-state index contributed by atoms with van der Waals surface area (Å²) in [5.74, 6) is 3.19. The topological polar surface area (TPSA) is 47.9 Å². The molecule has 0 amide bonds. The third-order valence-electron chi connectivity index (χ3n) is 4.64. The predicted molar refractivity (Wildman–Crippen MR) is 111 cm³/mol. The number of aromatic hydroxyl groups is 1. The maximum atomic E-state index is 9.55. The molecule has 4 aromatic carbocycles. The van der Waals surface area contributed by atoms with Gasteiger partial charge in [0.2, 0.25) is 0 Å². The van der Waals surface area contributed by atoms with Crippen LogP contribution in [0.4, 0.5) is 0 Å². The van der Waals surface area contributed by atoms with E-state index in [1.54, 1.807) is 38.5 Å². The molecule has 0 aliphatic carbocycles. The van der Waals surface area contributed by atoms with Crippen molar-refractivity contribution in [2.24, 2.45) is 0 Å². The third-order valence-corrected chi connectivity index (χ3v) is 4.64. The van der Waals surface area contributed by atoms with Crippen molar-refractivity contribution in [3.05, 3.63) is 78.9 Å². The number of rotatable bonds is 5. The van der Waals surface area contributed by atoms with E-state index in [2.05, 4.69) is 6.07 Å². The van der Waals surface area contributed by atoms with Gasteiger partial charge in [0.15, 0.2) is 0 Å². The summed E-state index contributed by atoms with van der Waals surface area (Å²) in [5, 5.41) is 11.5. The SMILES string of the molecule is COc1ccc(-c2ccc3cc(OC)ccc3c2Oc2ccc(O)cc2)cc1. The highest BCUT2D eigenvalue weighted by Gasteiger charge is 2.13. The second kappa shape index (κ2) is 7.53. The highest BCUT2D eigenvalue weighted by molar-refractivity contribution is 5.96. The minimum absolute atomic E-state index is 0.199. The number of hydrogen-bond acceptors (Lipinski definition) is 4. The van der Waals surface area contributed by atoms with Gasteiger partial charge in [-0.3, -0.25) is 0 Å². The van der Waals surface area contributed by atoms with Crippen molar-refractivity contribution in [3.8, 4) is 39.9 Å². The molecule has 140 valence electrons. The summed E-state index contributed by atoms with van der Waals surface area (Å²) in [5.41, 5.74) is 1.99. The van der Waals surface area contributed by atoms with Crippen LogP contribution < -0.4 is 14.2 Å². The average molecular weight is 372 g/mol. The van der Waals surface area contributed by atoms with Crippen LogP contribution in [0, 0.1) is 0 Å². The molecule has 4 nitrogen and oxygen atoms in total. The molecular formula is C24H20O4. The quantitative estimate of drug-likeness (QED) is 0.465. The highest BCUT2D eigenvalue weighted by atomic mass is 16.5. The lowest BCUT2D eigenvalue weighted by Gasteiger charge is -2.15. The number of benzene rings is 4. The summed E-state index contributed by atoms with van der Waals surface area (Å²) in [6.07, 6.45) is 0. The summed E-state index contributed by atoms with van der Waals surface area (Å²) < 4.78 is 16.9. The molecule has 0 aromatic heterocycles. The summed E-state index contributed by atoms with van der Waals surface area (Å²) >= 11 is 0. The van der Waals surface area contributed by atoms with Gasteiger partial charge in [0, 0.05) is 10.9 Å². The molecule has 0 fully saturated rings. The second-order valence-corrected chi connectivity index (χ2v) is 6.35. The molecule has 0 saturated carbocycles. The standard InChI is InChI=1S/C24H20O4/c1-26-19-8-3-16(4-9-19)22-13-5-17-15-21(27-2)12-14-23(17)24(22)28-20-10-6-18(25)7-11-20/h3-15,25H,1-2H3. The molecule has 4 heteroatoms. The van der Waals surface area contributed by atoms with Crippen LogP contribution in [0.15, 0.2) is 78.9 Å². The molecule has 0 spiro atoms. The first kappa shape index (κ1) is 17.7. The van der Waals surface area contributed by atoms with E-state index >= 15 is 0 Å². The van der Waals surface area contributed by atoms with Crippen LogP contribution in [0.2, 0.25) is 0 Å². The van der Waals surface area contributed by atoms with Gasteiger partial charge in [0.05, 0.1) is 14.2 Å². The van der Waals surface area contributed by atoms with Crippen LogP contribution >= 0.6 is 0 Å². The zero-order valence-corrected chi connectivity index (χ0v) is 15.7. The van der Waals surface area contributed by atoms with E-state index in [0.29, 0.717) is 5.75 Å². The van der Waals surface area contributed by atoms with E-state index in [-0.39, 0.29) is 5.75 Å². The van der Waals surface area contributed by atoms with Crippen LogP contribution in [0.5, 0.6) is 28.7 Å². The highest BCUT2D eigenvalue weighted by Crippen LogP contribution is 2.41. The van der Waals surface area contributed by atoms with E-state index < -0.39 is 0 Å². The first-order valence-corrected chi connectivity index (χ1v) is 8.90. The molecule has 0 atom stereocenters. The molecule has 0 saturated heterocycles. The Hall–Kier alpha value is -3.66. The lowest BCUT2D eigenvalue weighted by atomic mass is 9.99. The van der Waals surface area contributed by atoms with Gasteiger partial charge in [0.1, 0.15) is 28.7 Å². The summed E-state index contributed by atoms with van der Waals surface area (Å²) in [7, 11) is 3.30. The van der Waals surface area contributed by atoms with Crippen molar-refractivity contribution in [2.75, 3.05) is 14.2 Å². The van der Waals surface area contributed by atoms with Gasteiger partial charge in [-0.25, -0.2) is 0 Å². The Morgan fingerprint density at radius 2 is 1.29 bits per heavy atom. The van der Waals surface area contributed by atoms with Gasteiger partial charge in [-0.15, -0.1) is 0 Å². The summed E-state index contributed by atoms with van der Waals surface area (Å²) in [4.78, 5) is 0. The van der Waals surface area contributed by atoms with Gasteiger partial charge in [0.25, 0.3) is 0 Å². The fraction of sp³-hybridized carbons (Fsp3) is 0.0833. The van der Waals surface area contributed by atoms with Crippen LogP contribution in [-0.2, 0) is 0 Å². The first-order chi connectivity index (χ1) is 13.7. The minimum Gasteiger partial charge on any atom is -0.508 e. The lowest BCUT2D eigenvalue weighted by molar-refractivity contribution is 0.415. The van der Waals surface area contributed by atoms with Gasteiger partial charge in [-0.1, -0.05) is 18.2 Å². The van der Waals surface area contributed by atoms with Gasteiger partial charge in [-0.05, 0) is 71.6 Å². The Kier molecular flexibility index (Phi) is 4.77. The van der Waals surface area contributed by atoms with E-state index in [1.165, 1.54) is 0 Å². The Labute approximate surface area is 163 Å². The predicted octanol–water partition coefficient (Wildman–Crippen LogP) is 6.02. The minimum atomic E-state index is 0.199. The summed E-state index contributed by atoms with van der Waals surface area (Å²) in [6.45, 7) is 0. The number of fused-ring (bicyclic) bond motifs is 1. The number of phenols is 1. The third kappa shape index (κ3) is 3.45. The second-order valence-electron chi connectivity index (χ2n) is 6.35. The normalized spacial score (nSPS) is 10.6. The van der Waals surface area contributed by atoms with E-state index in [9.17, 15) is 5.11 Å². The zero-order valence-electron chi connectivity index (χ0n) is 15.7. The molecule has 1 N–H and O–H groups in total. The molecule has 4 rings (SSSR count). The number of phenolic OH excluding ortho intramolecular Hbond substituents is 1. The molecule has 0 aliphatic rings. The molecule has 4 aromatic rings. The van der Waals surface area contributed by atoms with Crippen molar-refractivity contribution in [1.82, 2.24) is 0 Å². The Morgan fingerprint density at radius 3 is 1.96 bits per heavy atom. The van der Waals surface area contributed by atoms with E-state index in [0.717, 1.165) is 39.1 Å². The first-order valence-electron chi connectivity index (χ1n) is 8.90. The molecule has 0 aliphatic heterocycles. The Morgan fingerprint density at radius 1 is 0.643 bits per heavy atom. The Bertz CT molecular complexity index is 1100. The van der Waals surface area contributed by atoms with Crippen LogP contribution in [0.1, 0.15) is 0 Å². The number of hydrogen-bond donors (Lipinski definition) is 1. The smallest absolute Gasteiger partial charge is 0.143 e. The van der Waals surface area contributed by atoms with Crippen molar-refractivity contribution in [2.45, 2.75) is 0 Å². The van der Waals surface area contributed by atoms with Crippen LogP contribution in [-0.4, -0.2) is 19.3 Å². The van der Waals surface area contributed by atoms with Crippen molar-refractivity contribution < 1.29 is 19.3 Å². The van der Waals surface area contributed by atoms with Crippen molar-refractivity contribution >= 4 is 10.8 Å². The number of ether oxygens (including phenoxy) is 3. The van der Waals surface area contributed by atoms with Gasteiger partial charge in [-0.2, -0.15) is 0 Å². The molecule has 0 radical (unpaired) electrons. The monoisotopic (exact) mass is 372 g/mol. The maximum absolute atomic E-state index is 9.55. The fourth-order valence-corrected chi connectivity index (χ4v) is 3.15. The average Bonchev–Trinajstić information content (AvgIpc) is 2.75. The molecular weight excluding hydrogens is 352 g/mol. The van der Waals surface area contributed by atoms with Crippen molar-refractivity contribution in [1.29, 1.82) is 0 Å². The molecule has 0 heterocycles. The maximum Gasteiger partial charge on any atom is 0.143 e. The fourth-order valence-electron chi connectivity index (χ4n) is 3.15. The van der Waals surface area contributed by atoms with E-state index in [4.69, 9.17) is 14.2 Å². The molecule has 0 unspecified atom stereocenters. The molecule has 28 heavy (non-hydrogen) atoms. The zero-order chi connectivity index (χ0) is 19.5. The van der Waals surface area contributed by atoms with Crippen molar-refractivity contribution in [3.63, 3.8) is 0 Å². The van der Waals surface area contributed by atoms with Crippen LogP contribution in [0.25, 0.3) is 21.9 Å². The largest absolute Gasteiger partial charge is 0.508 e. The van der Waals surface area contributed by atoms with E-state index in [1.807, 2.05) is 48.5 Å². The van der Waals surface area contributed by atoms with Gasteiger partial charge < -0.3 is 19.3 Å². The lowest BCUT2D eigenvalue weighted by Crippen LogP contribution is -1.92.